The van der Waals surface area contributed by atoms with Crippen LogP contribution in [-0.2, 0) is 9.47 Å². The van der Waals surface area contributed by atoms with Gasteiger partial charge in [0.05, 0.1) is 24.3 Å². The van der Waals surface area contributed by atoms with Crippen LogP contribution in [0, 0.1) is 11.6 Å². The Morgan fingerprint density at radius 2 is 1.83 bits per heavy atom. The maximum atomic E-state index is 13.8. The summed E-state index contributed by atoms with van der Waals surface area (Å²) in [4.78, 5) is 16.7. The van der Waals surface area contributed by atoms with Gasteiger partial charge in [-0.1, -0.05) is 0 Å². The fraction of sp³-hybridized carbons (Fsp3) is 0.455. The number of carbonyl (C=O) groups is 1. The van der Waals surface area contributed by atoms with Crippen molar-refractivity contribution in [3.05, 3.63) is 53.4 Å². The molecule has 2 fully saturated rings. The number of alkyl halides is 3. The van der Waals surface area contributed by atoms with Gasteiger partial charge in [-0.3, -0.25) is 9.53 Å². The SMILES string of the molecule is O=C(N[C@H]1CC[C@H](c2nnc(C3CC(OC(F)(F)F)C3)o2)OC1)c1ccc2c(F)c(F)ccc2n1. The third kappa shape index (κ3) is 5.10. The van der Waals surface area contributed by atoms with Crippen LogP contribution in [0.5, 0.6) is 0 Å². The molecule has 0 radical (unpaired) electrons. The van der Waals surface area contributed by atoms with Crippen molar-refractivity contribution in [1.29, 1.82) is 0 Å². The molecule has 0 bridgehead atoms. The minimum atomic E-state index is -4.67. The quantitative estimate of drug-likeness (QED) is 0.523. The Morgan fingerprint density at radius 1 is 1.06 bits per heavy atom. The lowest BCUT2D eigenvalue weighted by Gasteiger charge is -2.33. The van der Waals surface area contributed by atoms with Crippen LogP contribution in [0.1, 0.15) is 60.0 Å². The van der Waals surface area contributed by atoms with Crippen molar-refractivity contribution in [3.63, 3.8) is 0 Å². The van der Waals surface area contributed by atoms with Crippen LogP contribution >= 0.6 is 0 Å². The van der Waals surface area contributed by atoms with Crippen LogP contribution in [0.25, 0.3) is 10.9 Å². The van der Waals surface area contributed by atoms with Crippen molar-refractivity contribution < 1.29 is 40.6 Å². The summed E-state index contributed by atoms with van der Waals surface area (Å²) in [5.74, 6) is -2.31. The molecule has 3 aromatic rings. The van der Waals surface area contributed by atoms with Gasteiger partial charge < -0.3 is 14.5 Å². The number of ether oxygens (including phenoxy) is 2. The van der Waals surface area contributed by atoms with E-state index in [4.69, 9.17) is 9.15 Å². The summed E-state index contributed by atoms with van der Waals surface area (Å²) in [6.45, 7) is 0.159. The highest BCUT2D eigenvalue weighted by Crippen LogP contribution is 2.41. The van der Waals surface area contributed by atoms with Crippen LogP contribution in [-0.4, -0.2) is 46.2 Å². The van der Waals surface area contributed by atoms with Crippen molar-refractivity contribution in [2.45, 2.75) is 56.2 Å². The number of hydrogen-bond acceptors (Lipinski definition) is 7. The summed E-state index contributed by atoms with van der Waals surface area (Å²) in [5.41, 5.74) is 0.215. The van der Waals surface area contributed by atoms with E-state index in [0.717, 1.165) is 6.07 Å². The number of benzene rings is 1. The summed E-state index contributed by atoms with van der Waals surface area (Å²) in [5, 5.41) is 10.7. The first-order valence-electron chi connectivity index (χ1n) is 10.9. The van der Waals surface area contributed by atoms with Gasteiger partial charge in [-0.2, -0.15) is 0 Å². The number of fused-ring (bicyclic) bond motifs is 1. The lowest BCUT2D eigenvalue weighted by Crippen LogP contribution is -2.41. The lowest BCUT2D eigenvalue weighted by molar-refractivity contribution is -0.352. The fourth-order valence-electron chi connectivity index (χ4n) is 4.18. The molecule has 35 heavy (non-hydrogen) atoms. The van der Waals surface area contributed by atoms with Crippen LogP contribution in [0.3, 0.4) is 0 Å². The third-order valence-corrected chi connectivity index (χ3v) is 6.08. The number of amides is 1. The van der Waals surface area contributed by atoms with E-state index in [1.807, 2.05) is 0 Å². The molecule has 1 amide bonds. The Hall–Kier alpha value is -3.19. The average Bonchev–Trinajstić information content (AvgIpc) is 3.28. The molecule has 1 saturated heterocycles. The highest BCUT2D eigenvalue weighted by molar-refractivity contribution is 5.95. The second-order valence-corrected chi connectivity index (χ2v) is 8.53. The minimum absolute atomic E-state index is 0.0189. The van der Waals surface area contributed by atoms with Gasteiger partial charge in [0.15, 0.2) is 11.6 Å². The number of halogens is 5. The molecule has 8 nitrogen and oxygen atoms in total. The maximum Gasteiger partial charge on any atom is 0.522 e. The van der Waals surface area contributed by atoms with Gasteiger partial charge in [0.25, 0.3) is 5.91 Å². The summed E-state index contributed by atoms with van der Waals surface area (Å²) >= 11 is 0. The first-order chi connectivity index (χ1) is 16.7. The second kappa shape index (κ2) is 9.11. The van der Waals surface area contributed by atoms with Crippen LogP contribution in [0.15, 0.2) is 28.7 Å². The van der Waals surface area contributed by atoms with Gasteiger partial charge in [0.2, 0.25) is 11.8 Å². The molecule has 1 aliphatic carbocycles. The Bertz CT molecular complexity index is 1240. The predicted molar refractivity (Wildman–Crippen MR) is 108 cm³/mol. The fourth-order valence-corrected chi connectivity index (χ4v) is 4.18. The smallest absolute Gasteiger partial charge is 0.422 e. The lowest BCUT2D eigenvalue weighted by atomic mass is 9.82. The molecule has 2 atom stereocenters. The molecule has 1 N–H and O–H groups in total. The molecule has 2 aliphatic rings. The van der Waals surface area contributed by atoms with E-state index >= 15 is 0 Å². The van der Waals surface area contributed by atoms with Gasteiger partial charge in [-0.15, -0.1) is 23.4 Å². The maximum absolute atomic E-state index is 13.8. The molecule has 186 valence electrons. The van der Waals surface area contributed by atoms with Crippen LogP contribution in [0.4, 0.5) is 22.0 Å². The molecule has 1 saturated carbocycles. The highest BCUT2D eigenvalue weighted by atomic mass is 19.4. The molecule has 0 spiro atoms. The molecule has 3 heterocycles. The van der Waals surface area contributed by atoms with E-state index < -0.39 is 36.1 Å². The number of nitrogens with zero attached hydrogens (tertiary/aromatic N) is 3. The zero-order valence-corrected chi connectivity index (χ0v) is 18.0. The van der Waals surface area contributed by atoms with E-state index in [9.17, 15) is 26.7 Å². The van der Waals surface area contributed by atoms with E-state index in [2.05, 4.69) is 25.2 Å². The normalized spacial score (nSPS) is 24.8. The number of pyridine rings is 1. The molecule has 13 heteroatoms. The molecule has 1 aliphatic heterocycles. The average molecular weight is 498 g/mol. The highest BCUT2D eigenvalue weighted by Gasteiger charge is 2.43. The third-order valence-electron chi connectivity index (χ3n) is 6.08. The van der Waals surface area contributed by atoms with Crippen molar-refractivity contribution in [2.75, 3.05) is 6.61 Å². The van der Waals surface area contributed by atoms with Gasteiger partial charge in [0, 0.05) is 11.3 Å². The van der Waals surface area contributed by atoms with Crippen LogP contribution in [0.2, 0.25) is 0 Å². The van der Waals surface area contributed by atoms with E-state index in [-0.39, 0.29) is 59.8 Å². The first-order valence-corrected chi connectivity index (χ1v) is 10.9. The van der Waals surface area contributed by atoms with E-state index in [1.165, 1.54) is 18.2 Å². The van der Waals surface area contributed by atoms with Crippen molar-refractivity contribution in [2.24, 2.45) is 0 Å². The molecular weight excluding hydrogens is 479 g/mol. The number of nitrogens with one attached hydrogen (secondary N) is 1. The molecular formula is C22H19F5N4O4. The van der Waals surface area contributed by atoms with Crippen LogP contribution < -0.4 is 5.32 Å². The largest absolute Gasteiger partial charge is 0.522 e. The Morgan fingerprint density at radius 3 is 2.54 bits per heavy atom. The monoisotopic (exact) mass is 498 g/mol. The molecule has 0 unspecified atom stereocenters. The minimum Gasteiger partial charge on any atom is -0.422 e. The molecule has 5 rings (SSSR count). The van der Waals surface area contributed by atoms with Gasteiger partial charge >= 0.3 is 6.36 Å². The molecule has 2 aromatic heterocycles. The second-order valence-electron chi connectivity index (χ2n) is 8.53. The van der Waals surface area contributed by atoms with Gasteiger partial charge in [-0.05, 0) is 49.9 Å². The number of hydrogen-bond donors (Lipinski definition) is 1. The first kappa shape index (κ1) is 23.5. The predicted octanol–water partition coefficient (Wildman–Crippen LogP) is 4.33. The van der Waals surface area contributed by atoms with Crippen molar-refractivity contribution >= 4 is 16.8 Å². The summed E-state index contributed by atoms with van der Waals surface area (Å²) in [6.07, 6.45) is -4.79. The van der Waals surface area contributed by atoms with E-state index in [1.54, 1.807) is 0 Å². The van der Waals surface area contributed by atoms with Gasteiger partial charge in [-0.25, -0.2) is 13.8 Å². The standard InChI is InChI=1S/C22H19F5N4O4/c23-14-3-5-15-13(18(14)24)2-4-16(29-15)19(32)28-11-1-6-17(33-9-11)21-31-30-20(34-21)10-7-12(8-10)35-22(25,26)27/h2-5,10-12,17H,1,6-9H2,(H,28,32)/t10?,11-,12?,17+/m0/s1. The number of rotatable bonds is 5. The Kier molecular flexibility index (Phi) is 6.13. The zero-order valence-electron chi connectivity index (χ0n) is 18.0. The Balaban J connectivity index is 1.13. The topological polar surface area (TPSA) is 99.4 Å². The molecule has 1 aromatic carbocycles. The van der Waals surface area contributed by atoms with Crippen molar-refractivity contribution in [1.82, 2.24) is 20.5 Å². The number of carbonyl (C=O) groups excluding carboxylic acids is 1. The Labute approximate surface area is 194 Å². The van der Waals surface area contributed by atoms with Crippen molar-refractivity contribution in [3.8, 4) is 0 Å². The van der Waals surface area contributed by atoms with E-state index in [0.29, 0.717) is 12.8 Å². The summed E-state index contributed by atoms with van der Waals surface area (Å²) in [6, 6.07) is 4.54. The zero-order chi connectivity index (χ0) is 24.7. The number of aromatic nitrogens is 3. The summed E-state index contributed by atoms with van der Waals surface area (Å²) in [7, 11) is 0. The van der Waals surface area contributed by atoms with Gasteiger partial charge in [0.1, 0.15) is 11.8 Å². The summed E-state index contributed by atoms with van der Waals surface area (Å²) < 4.78 is 79.3.